The molecule has 1 heterocycles. The largest absolute Gasteiger partial charge is 0.338 e. The Morgan fingerprint density at radius 1 is 1.45 bits per heavy atom. The van der Waals surface area contributed by atoms with E-state index in [1.54, 1.807) is 17.0 Å². The molecule has 108 valence electrons. The molecule has 0 radical (unpaired) electrons. The molecule has 1 aliphatic heterocycles. The van der Waals surface area contributed by atoms with Gasteiger partial charge in [-0.15, -0.1) is 11.6 Å². The molecule has 0 unspecified atom stereocenters. The van der Waals surface area contributed by atoms with Gasteiger partial charge >= 0.3 is 0 Å². The predicted molar refractivity (Wildman–Crippen MR) is 77.2 cm³/mol. The fraction of sp³-hybridized carbons (Fsp3) is 0.500. The summed E-state index contributed by atoms with van der Waals surface area (Å²) < 4.78 is 0. The van der Waals surface area contributed by atoms with Crippen LogP contribution in [0.25, 0.3) is 0 Å². The maximum absolute atomic E-state index is 12.5. The van der Waals surface area contributed by atoms with Gasteiger partial charge in [0.2, 0.25) is 0 Å². The molecule has 2 rings (SSSR count). The van der Waals surface area contributed by atoms with Crippen LogP contribution < -0.4 is 0 Å². The fourth-order valence-electron chi connectivity index (χ4n) is 2.44. The number of hydrogen-bond donors (Lipinski definition) is 0. The van der Waals surface area contributed by atoms with Gasteiger partial charge in [0.15, 0.2) is 0 Å². The van der Waals surface area contributed by atoms with Crippen LogP contribution in [0, 0.1) is 23.0 Å². The van der Waals surface area contributed by atoms with E-state index in [1.165, 1.54) is 6.07 Å². The molecule has 0 aliphatic carbocycles. The first-order valence-electron chi connectivity index (χ1n) is 6.63. The number of amides is 1. The molecule has 0 spiro atoms. The third-order valence-corrected chi connectivity index (χ3v) is 4.14. The van der Waals surface area contributed by atoms with Crippen molar-refractivity contribution in [3.63, 3.8) is 0 Å². The third-order valence-electron chi connectivity index (χ3n) is 3.70. The highest BCUT2D eigenvalue weighted by Crippen LogP contribution is 2.25. The second-order valence-electron chi connectivity index (χ2n) is 5.17. The van der Waals surface area contributed by atoms with Gasteiger partial charge < -0.3 is 4.90 Å². The lowest BCUT2D eigenvalue weighted by molar-refractivity contribution is -0.385. The van der Waals surface area contributed by atoms with Crippen LogP contribution in [0.2, 0.25) is 0 Å². The number of aryl methyl sites for hydroxylation is 1. The molecular weight excluding hydrogens is 280 g/mol. The Bertz CT molecular complexity index is 525. The zero-order valence-corrected chi connectivity index (χ0v) is 12.1. The monoisotopic (exact) mass is 296 g/mol. The molecule has 6 heteroatoms. The first-order chi connectivity index (χ1) is 9.52. The number of benzene rings is 1. The van der Waals surface area contributed by atoms with Crippen LogP contribution in [0.1, 0.15) is 28.8 Å². The highest BCUT2D eigenvalue weighted by Gasteiger charge is 2.27. The van der Waals surface area contributed by atoms with E-state index < -0.39 is 4.92 Å². The molecular formula is C14H17ClN2O3. The van der Waals surface area contributed by atoms with E-state index in [1.807, 2.05) is 6.92 Å². The highest BCUT2D eigenvalue weighted by molar-refractivity contribution is 6.18. The molecule has 1 aliphatic rings. The summed E-state index contributed by atoms with van der Waals surface area (Å²) >= 11 is 5.82. The number of carbonyl (C=O) groups is 1. The van der Waals surface area contributed by atoms with E-state index >= 15 is 0 Å². The smallest absolute Gasteiger partial charge is 0.282 e. The summed E-state index contributed by atoms with van der Waals surface area (Å²) in [5, 5.41) is 11.0. The van der Waals surface area contributed by atoms with Crippen LogP contribution in [0.4, 0.5) is 5.69 Å². The molecule has 0 atom stereocenters. The predicted octanol–water partition coefficient (Wildman–Crippen LogP) is 2.99. The van der Waals surface area contributed by atoms with Crippen molar-refractivity contribution in [3.05, 3.63) is 39.4 Å². The normalized spacial score (nSPS) is 16.2. The van der Waals surface area contributed by atoms with Crippen LogP contribution in [0.3, 0.4) is 0 Å². The average molecular weight is 297 g/mol. The lowest BCUT2D eigenvalue weighted by Gasteiger charge is -2.31. The first-order valence-corrected chi connectivity index (χ1v) is 7.16. The number of likely N-dealkylation sites (tertiary alicyclic amines) is 1. The van der Waals surface area contributed by atoms with Gasteiger partial charge in [-0.2, -0.15) is 0 Å². The lowest BCUT2D eigenvalue weighted by atomic mass is 9.98. The van der Waals surface area contributed by atoms with Crippen LogP contribution in [0.5, 0.6) is 0 Å². The van der Waals surface area contributed by atoms with Gasteiger partial charge in [0.25, 0.3) is 11.6 Å². The average Bonchev–Trinajstić information content (AvgIpc) is 2.46. The number of nitro groups is 1. The van der Waals surface area contributed by atoms with Crippen LogP contribution in [-0.2, 0) is 0 Å². The Balaban J connectivity index is 2.21. The van der Waals surface area contributed by atoms with E-state index in [0.29, 0.717) is 24.9 Å². The summed E-state index contributed by atoms with van der Waals surface area (Å²) in [5.74, 6) is 0.786. The van der Waals surface area contributed by atoms with Crippen molar-refractivity contribution >= 4 is 23.2 Å². The maximum atomic E-state index is 12.5. The Morgan fingerprint density at radius 3 is 2.65 bits per heavy atom. The van der Waals surface area contributed by atoms with E-state index in [-0.39, 0.29) is 17.2 Å². The van der Waals surface area contributed by atoms with Crippen molar-refractivity contribution in [1.82, 2.24) is 4.90 Å². The summed E-state index contributed by atoms with van der Waals surface area (Å²) in [6, 6.07) is 4.64. The number of alkyl halides is 1. The fourth-order valence-corrected chi connectivity index (χ4v) is 2.75. The molecule has 1 amide bonds. The van der Waals surface area contributed by atoms with Gasteiger partial charge in [-0.05, 0) is 37.3 Å². The molecule has 0 N–H and O–H groups in total. The Morgan fingerprint density at radius 2 is 2.10 bits per heavy atom. The summed E-state index contributed by atoms with van der Waals surface area (Å²) in [4.78, 5) is 24.7. The zero-order valence-electron chi connectivity index (χ0n) is 11.3. The van der Waals surface area contributed by atoms with E-state index in [2.05, 4.69) is 0 Å². The Kier molecular flexibility index (Phi) is 4.60. The maximum Gasteiger partial charge on any atom is 0.282 e. The molecule has 1 saturated heterocycles. The Labute approximate surface area is 122 Å². The quantitative estimate of drug-likeness (QED) is 0.489. The minimum atomic E-state index is -0.502. The first kappa shape index (κ1) is 14.8. The summed E-state index contributed by atoms with van der Waals surface area (Å²) in [6.45, 7) is 3.04. The van der Waals surface area contributed by atoms with Crippen LogP contribution >= 0.6 is 11.6 Å². The third kappa shape index (κ3) is 3.10. The van der Waals surface area contributed by atoms with Gasteiger partial charge in [0, 0.05) is 25.0 Å². The molecule has 1 aromatic carbocycles. The van der Waals surface area contributed by atoms with Gasteiger partial charge in [-0.3, -0.25) is 14.9 Å². The van der Waals surface area contributed by atoms with Crippen molar-refractivity contribution < 1.29 is 9.72 Å². The van der Waals surface area contributed by atoms with Gasteiger partial charge in [0.05, 0.1) is 4.92 Å². The highest BCUT2D eigenvalue weighted by atomic mass is 35.5. The number of halogens is 1. The van der Waals surface area contributed by atoms with Crippen LogP contribution in [-0.4, -0.2) is 34.7 Å². The molecule has 1 aromatic rings. The van der Waals surface area contributed by atoms with Crippen molar-refractivity contribution in [3.8, 4) is 0 Å². The van der Waals surface area contributed by atoms with Crippen molar-refractivity contribution in [2.24, 2.45) is 5.92 Å². The number of carbonyl (C=O) groups excluding carboxylic acids is 1. The van der Waals surface area contributed by atoms with E-state index in [0.717, 1.165) is 18.4 Å². The van der Waals surface area contributed by atoms with Gasteiger partial charge in [0.1, 0.15) is 5.56 Å². The molecule has 0 aromatic heterocycles. The van der Waals surface area contributed by atoms with Gasteiger partial charge in [-0.25, -0.2) is 0 Å². The minimum Gasteiger partial charge on any atom is -0.338 e. The molecule has 0 saturated carbocycles. The number of piperidine rings is 1. The molecule has 5 nitrogen and oxygen atoms in total. The second kappa shape index (κ2) is 6.22. The second-order valence-corrected chi connectivity index (χ2v) is 5.48. The van der Waals surface area contributed by atoms with E-state index in [9.17, 15) is 14.9 Å². The van der Waals surface area contributed by atoms with Gasteiger partial charge in [-0.1, -0.05) is 6.07 Å². The summed E-state index contributed by atoms with van der Waals surface area (Å²) in [5.41, 5.74) is 0.897. The molecule has 20 heavy (non-hydrogen) atoms. The lowest BCUT2D eigenvalue weighted by Crippen LogP contribution is -2.39. The summed E-state index contributed by atoms with van der Waals surface area (Å²) in [7, 11) is 0. The zero-order chi connectivity index (χ0) is 14.7. The minimum absolute atomic E-state index is 0.125. The van der Waals surface area contributed by atoms with E-state index in [4.69, 9.17) is 11.6 Å². The molecule has 1 fully saturated rings. The topological polar surface area (TPSA) is 63.5 Å². The molecule has 0 bridgehead atoms. The number of nitrogens with zero attached hydrogens (tertiary/aromatic N) is 2. The number of nitro benzene ring substituents is 1. The standard InChI is InChI=1S/C14H17ClN2O3/c1-10-2-3-13(17(19)20)12(8-10)14(18)16-6-4-11(9-15)5-7-16/h2-3,8,11H,4-7,9H2,1H3. The summed E-state index contributed by atoms with van der Waals surface area (Å²) in [6.07, 6.45) is 1.71. The van der Waals surface area contributed by atoms with Crippen LogP contribution in [0.15, 0.2) is 18.2 Å². The van der Waals surface area contributed by atoms with Crippen molar-refractivity contribution in [1.29, 1.82) is 0 Å². The van der Waals surface area contributed by atoms with Crippen molar-refractivity contribution in [2.75, 3.05) is 19.0 Å². The Hall–Kier alpha value is -1.62. The number of hydrogen-bond acceptors (Lipinski definition) is 3. The SMILES string of the molecule is Cc1ccc([N+](=O)[O-])c(C(=O)N2CCC(CCl)CC2)c1. The van der Waals surface area contributed by atoms with Crippen molar-refractivity contribution in [2.45, 2.75) is 19.8 Å². The number of rotatable bonds is 3.